The van der Waals surface area contributed by atoms with E-state index in [1.165, 1.54) is 24.2 Å². The van der Waals surface area contributed by atoms with Crippen LogP contribution in [-0.4, -0.2) is 49.6 Å². The number of hydrogen-bond donors (Lipinski definition) is 3. The van der Waals surface area contributed by atoms with Gasteiger partial charge >= 0.3 is 0 Å². The number of nitriles is 1. The molecule has 5 heterocycles. The summed E-state index contributed by atoms with van der Waals surface area (Å²) in [6.07, 6.45) is 10.3. The minimum Gasteiger partial charge on any atom is -0.384 e. The highest BCUT2D eigenvalue weighted by Gasteiger charge is 2.44. The summed E-state index contributed by atoms with van der Waals surface area (Å²) in [6.45, 7) is 0.883. The Bertz CT molecular complexity index is 1200. The van der Waals surface area contributed by atoms with Crippen molar-refractivity contribution >= 4 is 39.0 Å². The van der Waals surface area contributed by atoms with Gasteiger partial charge in [0.05, 0.1) is 16.5 Å². The Kier molecular flexibility index (Phi) is 5.17. The molecule has 3 fully saturated rings. The summed E-state index contributed by atoms with van der Waals surface area (Å²) in [5, 5.41) is 28.1. The van der Waals surface area contributed by atoms with E-state index in [2.05, 4.69) is 37.6 Å². The lowest BCUT2D eigenvalue weighted by molar-refractivity contribution is 0.136. The highest BCUT2D eigenvalue weighted by Crippen LogP contribution is 2.48. The van der Waals surface area contributed by atoms with Crippen LogP contribution in [0.4, 0.5) is 16.8 Å². The molecule has 0 aromatic carbocycles. The lowest BCUT2D eigenvalue weighted by atomic mass is 9.97. The number of aliphatic hydroxyl groups is 1. The van der Waals surface area contributed by atoms with Crippen molar-refractivity contribution in [3.8, 4) is 6.07 Å². The van der Waals surface area contributed by atoms with Crippen molar-refractivity contribution in [1.29, 1.82) is 5.26 Å². The highest BCUT2D eigenvalue weighted by atomic mass is 32.1. The van der Waals surface area contributed by atoms with Crippen LogP contribution in [0.5, 0.6) is 0 Å². The highest BCUT2D eigenvalue weighted by molar-refractivity contribution is 7.15. The smallest absolute Gasteiger partial charge is 0.188 e. The second-order valence-electron chi connectivity index (χ2n) is 9.46. The summed E-state index contributed by atoms with van der Waals surface area (Å²) >= 11 is 1.48. The van der Waals surface area contributed by atoms with Gasteiger partial charge in [0.25, 0.3) is 0 Å². The van der Waals surface area contributed by atoms with Gasteiger partial charge in [-0.1, -0.05) is 11.3 Å². The van der Waals surface area contributed by atoms with Crippen LogP contribution < -0.4 is 10.6 Å². The molecule has 3 N–H and O–H groups in total. The van der Waals surface area contributed by atoms with E-state index in [-0.39, 0.29) is 0 Å². The summed E-state index contributed by atoms with van der Waals surface area (Å²) in [7, 11) is 0. The first-order valence-electron chi connectivity index (χ1n) is 11.7. The zero-order valence-electron chi connectivity index (χ0n) is 18.4. The van der Waals surface area contributed by atoms with E-state index >= 15 is 0 Å². The van der Waals surface area contributed by atoms with Gasteiger partial charge in [0.15, 0.2) is 5.13 Å². The maximum atomic E-state index is 10.3. The average molecular weight is 462 g/mol. The van der Waals surface area contributed by atoms with Gasteiger partial charge in [0.1, 0.15) is 17.2 Å². The molecular formula is C24H27N7OS. The molecule has 0 radical (unpaired) electrons. The summed E-state index contributed by atoms with van der Waals surface area (Å²) in [5.41, 5.74) is 0.203. The first kappa shape index (κ1) is 20.8. The molecule has 8 nitrogen and oxygen atoms in total. The molecule has 3 aromatic heterocycles. The minimum absolute atomic E-state index is 0.350. The van der Waals surface area contributed by atoms with E-state index in [0.29, 0.717) is 30.4 Å². The largest absolute Gasteiger partial charge is 0.384 e. The average Bonchev–Trinajstić information content (AvgIpc) is 3.29. The molecule has 3 aliphatic rings. The first-order chi connectivity index (χ1) is 16.1. The Hall–Kier alpha value is -2.80. The second kappa shape index (κ2) is 8.20. The fraction of sp³-hybridized carbons (Fsp3) is 0.500. The van der Waals surface area contributed by atoms with Gasteiger partial charge < -0.3 is 15.7 Å². The number of aromatic nitrogens is 3. The fourth-order valence-corrected chi connectivity index (χ4v) is 6.37. The first-order valence-corrected chi connectivity index (χ1v) is 12.5. The summed E-state index contributed by atoms with van der Waals surface area (Å²) in [5.74, 6) is 1.54. The van der Waals surface area contributed by atoms with Crippen molar-refractivity contribution in [2.45, 2.75) is 68.7 Å². The minimum atomic E-state index is -0.676. The molecule has 1 unspecified atom stereocenters. The monoisotopic (exact) mass is 461 g/mol. The Labute approximate surface area is 196 Å². The van der Waals surface area contributed by atoms with E-state index in [4.69, 9.17) is 10.2 Å². The summed E-state index contributed by atoms with van der Waals surface area (Å²) in [6, 6.07) is 9.68. The quantitative estimate of drug-likeness (QED) is 0.482. The number of thiazole rings is 1. The number of fused-ring (bicyclic) bond motifs is 3. The predicted octanol–water partition coefficient (Wildman–Crippen LogP) is 4.13. The molecule has 2 saturated heterocycles. The zero-order valence-corrected chi connectivity index (χ0v) is 19.2. The van der Waals surface area contributed by atoms with Crippen molar-refractivity contribution in [3.63, 3.8) is 0 Å². The van der Waals surface area contributed by atoms with Crippen LogP contribution in [0.1, 0.15) is 49.8 Å². The van der Waals surface area contributed by atoms with Crippen molar-refractivity contribution < 1.29 is 5.11 Å². The molecule has 0 spiro atoms. The Morgan fingerprint density at radius 1 is 1.24 bits per heavy atom. The van der Waals surface area contributed by atoms with E-state index in [1.807, 2.05) is 12.1 Å². The van der Waals surface area contributed by atoms with Gasteiger partial charge in [0, 0.05) is 54.9 Å². The number of pyridine rings is 2. The van der Waals surface area contributed by atoms with Crippen molar-refractivity contribution in [1.82, 2.24) is 19.9 Å². The lowest BCUT2D eigenvalue weighted by Gasteiger charge is -2.39. The van der Waals surface area contributed by atoms with E-state index in [1.54, 1.807) is 12.4 Å². The van der Waals surface area contributed by atoms with Crippen LogP contribution in [0.15, 0.2) is 30.6 Å². The van der Waals surface area contributed by atoms with Gasteiger partial charge in [-0.25, -0.2) is 9.97 Å². The van der Waals surface area contributed by atoms with Crippen LogP contribution in [0.25, 0.3) is 10.9 Å². The molecule has 3 atom stereocenters. The van der Waals surface area contributed by atoms with Gasteiger partial charge in [-0.3, -0.25) is 9.88 Å². The van der Waals surface area contributed by atoms with Gasteiger partial charge in [0.2, 0.25) is 0 Å². The van der Waals surface area contributed by atoms with Crippen molar-refractivity contribution in [2.75, 3.05) is 17.2 Å². The van der Waals surface area contributed by atoms with Crippen LogP contribution in [0.3, 0.4) is 0 Å². The molecule has 170 valence electrons. The van der Waals surface area contributed by atoms with Gasteiger partial charge in [-0.05, 0) is 50.7 Å². The third-order valence-corrected chi connectivity index (χ3v) is 8.34. The molecule has 3 aromatic rings. The predicted molar refractivity (Wildman–Crippen MR) is 128 cm³/mol. The topological polar surface area (TPSA) is 110 Å². The molecule has 1 saturated carbocycles. The molecule has 6 rings (SSSR count). The van der Waals surface area contributed by atoms with Gasteiger partial charge in [-0.2, -0.15) is 5.26 Å². The number of hydrogen-bond acceptors (Lipinski definition) is 9. The van der Waals surface area contributed by atoms with Crippen LogP contribution in [0.2, 0.25) is 0 Å². The zero-order chi connectivity index (χ0) is 22.4. The summed E-state index contributed by atoms with van der Waals surface area (Å²) < 4.78 is 0. The molecule has 0 amide bonds. The molecule has 1 aliphatic carbocycles. The van der Waals surface area contributed by atoms with Crippen molar-refractivity contribution in [2.24, 2.45) is 0 Å². The van der Waals surface area contributed by atoms with Crippen LogP contribution in [-0.2, 0) is 5.60 Å². The van der Waals surface area contributed by atoms with E-state index in [9.17, 15) is 5.11 Å². The second-order valence-corrected chi connectivity index (χ2v) is 10.5. The Balaban J connectivity index is 1.23. The molecular weight excluding hydrogens is 434 g/mol. The third-order valence-electron chi connectivity index (χ3n) is 7.23. The van der Waals surface area contributed by atoms with E-state index in [0.717, 1.165) is 59.0 Å². The number of nitrogens with one attached hydrogen (secondary N) is 2. The molecule has 33 heavy (non-hydrogen) atoms. The molecule has 2 aliphatic heterocycles. The van der Waals surface area contributed by atoms with Crippen LogP contribution in [0, 0.1) is 11.3 Å². The van der Waals surface area contributed by atoms with Crippen molar-refractivity contribution in [3.05, 3.63) is 35.5 Å². The third kappa shape index (κ3) is 4.03. The number of anilines is 3. The number of piperidine rings is 1. The van der Waals surface area contributed by atoms with E-state index < -0.39 is 5.60 Å². The summed E-state index contributed by atoms with van der Waals surface area (Å²) in [4.78, 5) is 17.4. The Morgan fingerprint density at radius 3 is 2.82 bits per heavy atom. The standard InChI is InChI=1S/C24H27N7OS/c25-8-2-10-31-16-4-5-17(31)12-15(11-16)28-22-18-3-1-9-26-19(18)13-21(29-22)30-23-27-14-20(33-23)24(32)6-7-24/h1,3,9,13-17,32H,2,4-7,10-12H2,(H2,27,28,29,30)/t15?,16-,17+. The molecule has 9 heteroatoms. The fourth-order valence-electron chi connectivity index (χ4n) is 5.40. The normalized spacial score (nSPS) is 25.6. The SMILES string of the molecule is N#CCCN1[C@@H]2CC[C@H]1CC(Nc1nc(Nc3ncc(C4(O)CC4)s3)cc3ncccc13)C2. The molecule has 2 bridgehead atoms. The number of rotatable bonds is 7. The number of nitrogens with zero attached hydrogens (tertiary/aromatic N) is 5. The van der Waals surface area contributed by atoms with Crippen LogP contribution >= 0.6 is 11.3 Å². The maximum Gasteiger partial charge on any atom is 0.188 e. The van der Waals surface area contributed by atoms with Gasteiger partial charge in [-0.15, -0.1) is 0 Å². The lowest BCUT2D eigenvalue weighted by Crippen LogP contribution is -2.47. The maximum absolute atomic E-state index is 10.3. The Morgan fingerprint density at radius 2 is 2.06 bits per heavy atom.